The molecule has 3 heteroatoms. The number of carbonyl (C=O) groups is 1. The molecule has 104 valence electrons. The molecule has 0 fully saturated rings. The molecule has 0 bridgehead atoms. The lowest BCUT2D eigenvalue weighted by Crippen LogP contribution is -2.13. The first kappa shape index (κ1) is 14.7. The van der Waals surface area contributed by atoms with Crippen molar-refractivity contribution < 1.29 is 9.00 Å². The van der Waals surface area contributed by atoms with Gasteiger partial charge in [0.15, 0.2) is 0 Å². The van der Waals surface area contributed by atoms with Crippen molar-refractivity contribution in [2.24, 2.45) is 0 Å². The lowest BCUT2D eigenvalue weighted by molar-refractivity contribution is -0.116. The van der Waals surface area contributed by atoms with Gasteiger partial charge in [-0.3, -0.25) is 9.00 Å². The molecule has 0 saturated carbocycles. The van der Waals surface area contributed by atoms with Crippen LogP contribution in [0.25, 0.3) is 0 Å². The smallest absolute Gasteiger partial charge is 0.150 e. The van der Waals surface area contributed by atoms with Crippen molar-refractivity contribution >= 4 is 16.6 Å². The van der Waals surface area contributed by atoms with Crippen LogP contribution in [0.3, 0.4) is 0 Å². The zero-order valence-electron chi connectivity index (χ0n) is 11.8. The van der Waals surface area contributed by atoms with E-state index in [0.717, 1.165) is 16.0 Å². The summed E-state index contributed by atoms with van der Waals surface area (Å²) in [5, 5.41) is 0. The third-order valence-electron chi connectivity index (χ3n) is 3.28. The minimum absolute atomic E-state index is 0.00719. The van der Waals surface area contributed by atoms with Gasteiger partial charge < -0.3 is 0 Å². The lowest BCUT2D eigenvalue weighted by Gasteiger charge is -2.05. The van der Waals surface area contributed by atoms with Crippen LogP contribution in [0.5, 0.6) is 0 Å². The third-order valence-corrected chi connectivity index (χ3v) is 4.64. The quantitative estimate of drug-likeness (QED) is 0.845. The van der Waals surface area contributed by atoms with Crippen LogP contribution in [-0.2, 0) is 22.0 Å². The molecule has 2 aromatic carbocycles. The van der Waals surface area contributed by atoms with E-state index in [9.17, 15) is 9.00 Å². The number of carbonyl (C=O) groups excluding carboxylic acids is 1. The maximum Gasteiger partial charge on any atom is 0.150 e. The van der Waals surface area contributed by atoms with Crippen LogP contribution in [-0.4, -0.2) is 15.7 Å². The highest BCUT2D eigenvalue weighted by atomic mass is 32.2. The number of aryl methyl sites for hydroxylation is 2. The Morgan fingerprint density at radius 2 is 1.70 bits per heavy atom. The molecule has 0 spiro atoms. The van der Waals surface area contributed by atoms with Gasteiger partial charge in [0.25, 0.3) is 0 Å². The molecule has 20 heavy (non-hydrogen) atoms. The fourth-order valence-electron chi connectivity index (χ4n) is 1.96. The van der Waals surface area contributed by atoms with Crippen LogP contribution in [0.15, 0.2) is 53.4 Å². The Kier molecular flexibility index (Phi) is 4.85. The lowest BCUT2D eigenvalue weighted by atomic mass is 10.1. The monoisotopic (exact) mass is 286 g/mol. The summed E-state index contributed by atoms with van der Waals surface area (Å²) in [6.45, 7) is 4.00. The number of hydrogen-bond acceptors (Lipinski definition) is 2. The van der Waals surface area contributed by atoms with E-state index in [2.05, 4.69) is 0 Å². The van der Waals surface area contributed by atoms with Crippen molar-refractivity contribution in [1.29, 1.82) is 0 Å². The van der Waals surface area contributed by atoms with E-state index in [-0.39, 0.29) is 11.5 Å². The predicted octanol–water partition coefficient (Wildman–Crippen LogP) is 3.22. The van der Waals surface area contributed by atoms with Gasteiger partial charge in [0.2, 0.25) is 0 Å². The highest BCUT2D eigenvalue weighted by Crippen LogP contribution is 2.14. The van der Waals surface area contributed by atoms with Crippen LogP contribution in [0, 0.1) is 13.8 Å². The third kappa shape index (κ3) is 3.87. The second-order valence-electron chi connectivity index (χ2n) is 4.94. The van der Waals surface area contributed by atoms with E-state index in [0.29, 0.717) is 6.42 Å². The molecular weight excluding hydrogens is 268 g/mol. The van der Waals surface area contributed by atoms with Gasteiger partial charge in [0, 0.05) is 11.3 Å². The van der Waals surface area contributed by atoms with Crippen molar-refractivity contribution in [3.05, 3.63) is 65.2 Å². The van der Waals surface area contributed by atoms with Gasteiger partial charge in [-0.2, -0.15) is 0 Å². The maximum absolute atomic E-state index is 12.2. The topological polar surface area (TPSA) is 34.1 Å². The Bertz CT molecular complexity index is 633. The highest BCUT2D eigenvalue weighted by Gasteiger charge is 2.11. The molecule has 1 unspecified atom stereocenters. The van der Waals surface area contributed by atoms with E-state index < -0.39 is 10.8 Å². The van der Waals surface area contributed by atoms with E-state index >= 15 is 0 Å². The first-order valence-electron chi connectivity index (χ1n) is 6.57. The largest absolute Gasteiger partial charge is 0.298 e. The SMILES string of the molecule is Cc1ccc(S(=O)CC(=O)Cc2ccccc2)cc1C. The normalized spacial score (nSPS) is 12.1. The van der Waals surface area contributed by atoms with E-state index in [4.69, 9.17) is 0 Å². The minimum atomic E-state index is -1.26. The number of ketones is 1. The van der Waals surface area contributed by atoms with Crippen molar-refractivity contribution in [2.75, 3.05) is 5.75 Å². The van der Waals surface area contributed by atoms with Gasteiger partial charge in [-0.1, -0.05) is 36.4 Å². The molecule has 0 radical (unpaired) electrons. The summed E-state index contributed by atoms with van der Waals surface area (Å²) in [5.74, 6) is 0.0879. The first-order valence-corrected chi connectivity index (χ1v) is 7.89. The van der Waals surface area contributed by atoms with E-state index in [1.807, 2.05) is 62.4 Å². The Balaban J connectivity index is 2.00. The van der Waals surface area contributed by atoms with Gasteiger partial charge in [0.05, 0.1) is 16.6 Å². The summed E-state index contributed by atoms with van der Waals surface area (Å²) >= 11 is 0. The predicted molar refractivity (Wildman–Crippen MR) is 82.3 cm³/mol. The molecular formula is C17H18O2S. The minimum Gasteiger partial charge on any atom is -0.298 e. The fourth-order valence-corrected chi connectivity index (χ4v) is 3.05. The van der Waals surface area contributed by atoms with E-state index in [1.165, 1.54) is 5.56 Å². The molecule has 0 aliphatic rings. The molecule has 0 aliphatic carbocycles. The second kappa shape index (κ2) is 6.62. The molecule has 0 heterocycles. The van der Waals surface area contributed by atoms with Gasteiger partial charge in [-0.15, -0.1) is 0 Å². The van der Waals surface area contributed by atoms with Gasteiger partial charge >= 0.3 is 0 Å². The van der Waals surface area contributed by atoms with Crippen LogP contribution in [0.4, 0.5) is 0 Å². The average molecular weight is 286 g/mol. The highest BCUT2D eigenvalue weighted by molar-refractivity contribution is 7.85. The molecule has 2 nitrogen and oxygen atoms in total. The Labute approximate surface area is 122 Å². The first-order chi connectivity index (χ1) is 9.56. The summed E-state index contributed by atoms with van der Waals surface area (Å²) < 4.78 is 12.2. The Morgan fingerprint density at radius 3 is 2.35 bits per heavy atom. The molecule has 0 N–H and O–H groups in total. The zero-order chi connectivity index (χ0) is 14.5. The van der Waals surface area contributed by atoms with Gasteiger partial charge in [0.1, 0.15) is 5.78 Å². The molecule has 1 atom stereocenters. The van der Waals surface area contributed by atoms with Crippen molar-refractivity contribution in [1.82, 2.24) is 0 Å². The number of Topliss-reactive ketones (excluding diaryl/α,β-unsaturated/α-hetero) is 1. The average Bonchev–Trinajstić information content (AvgIpc) is 2.42. The zero-order valence-corrected chi connectivity index (χ0v) is 12.6. The van der Waals surface area contributed by atoms with Gasteiger partial charge in [-0.25, -0.2) is 0 Å². The summed E-state index contributed by atoms with van der Waals surface area (Å²) in [6.07, 6.45) is 0.345. The molecule has 0 aliphatic heterocycles. The van der Waals surface area contributed by atoms with Gasteiger partial charge in [-0.05, 0) is 42.7 Å². The molecule has 0 amide bonds. The second-order valence-corrected chi connectivity index (χ2v) is 6.39. The van der Waals surface area contributed by atoms with Crippen molar-refractivity contribution in [2.45, 2.75) is 25.2 Å². The van der Waals surface area contributed by atoms with Crippen LogP contribution in [0.2, 0.25) is 0 Å². The van der Waals surface area contributed by atoms with Crippen LogP contribution >= 0.6 is 0 Å². The molecule has 0 aromatic heterocycles. The number of hydrogen-bond donors (Lipinski definition) is 0. The Hall–Kier alpha value is -1.74. The Morgan fingerprint density at radius 1 is 1.00 bits per heavy atom. The summed E-state index contributed by atoms with van der Waals surface area (Å²) in [4.78, 5) is 12.7. The summed E-state index contributed by atoms with van der Waals surface area (Å²) in [5.41, 5.74) is 3.24. The fraction of sp³-hybridized carbons (Fsp3) is 0.235. The molecule has 2 rings (SSSR count). The number of rotatable bonds is 5. The van der Waals surface area contributed by atoms with Crippen LogP contribution < -0.4 is 0 Å². The summed E-state index contributed by atoms with van der Waals surface area (Å²) in [6, 6.07) is 15.3. The van der Waals surface area contributed by atoms with E-state index in [1.54, 1.807) is 0 Å². The van der Waals surface area contributed by atoms with Crippen LogP contribution in [0.1, 0.15) is 16.7 Å². The van der Waals surface area contributed by atoms with Crippen molar-refractivity contribution in [3.8, 4) is 0 Å². The molecule has 2 aromatic rings. The molecule has 0 saturated heterocycles. The standard InChI is InChI=1S/C17H18O2S/c1-13-8-9-17(10-14(13)2)20(19)12-16(18)11-15-6-4-3-5-7-15/h3-10H,11-12H2,1-2H3. The maximum atomic E-state index is 12.2. The summed E-state index contributed by atoms with van der Waals surface area (Å²) in [7, 11) is -1.26. The number of benzene rings is 2. The van der Waals surface area contributed by atoms with Crippen molar-refractivity contribution in [3.63, 3.8) is 0 Å².